The van der Waals surface area contributed by atoms with Gasteiger partial charge in [-0.05, 0) is 24.5 Å². The van der Waals surface area contributed by atoms with Crippen LogP contribution in [-0.2, 0) is 17.3 Å². The van der Waals surface area contributed by atoms with E-state index < -0.39 is 5.97 Å². The Kier molecular flexibility index (Phi) is 6.33. The lowest BCUT2D eigenvalue weighted by atomic mass is 9.86. The van der Waals surface area contributed by atoms with E-state index in [-0.39, 0.29) is 21.5 Å². The number of halogens is 1. The van der Waals surface area contributed by atoms with E-state index in [2.05, 4.69) is 46.6 Å². The van der Waals surface area contributed by atoms with Gasteiger partial charge in [0.15, 0.2) is 5.69 Å². The molecule has 164 valence electrons. The summed E-state index contributed by atoms with van der Waals surface area (Å²) in [6, 6.07) is 4.04. The summed E-state index contributed by atoms with van der Waals surface area (Å²) in [5.41, 5.74) is 3.17. The van der Waals surface area contributed by atoms with Crippen LogP contribution in [0.2, 0.25) is 5.02 Å². The maximum absolute atomic E-state index is 11.8. The summed E-state index contributed by atoms with van der Waals surface area (Å²) in [6.07, 6.45) is 6.77. The molecule has 30 heavy (non-hydrogen) atoms. The highest BCUT2D eigenvalue weighted by molar-refractivity contribution is 6.34. The third-order valence-corrected chi connectivity index (χ3v) is 6.31. The summed E-state index contributed by atoms with van der Waals surface area (Å²) in [6.45, 7) is 12.8. The van der Waals surface area contributed by atoms with Gasteiger partial charge in [-0.3, -0.25) is 4.98 Å². The fraction of sp³-hybridized carbons (Fsp3) is 0.625. The number of carboxylic acid groups (broad SMARTS) is 1. The van der Waals surface area contributed by atoms with Gasteiger partial charge >= 0.3 is 5.97 Å². The van der Waals surface area contributed by atoms with Crippen molar-refractivity contribution in [2.24, 2.45) is 5.92 Å². The van der Waals surface area contributed by atoms with Crippen molar-refractivity contribution in [2.75, 3.05) is 0 Å². The average Bonchev–Trinajstić information content (AvgIpc) is 2.97. The number of carboxylic acids is 1. The van der Waals surface area contributed by atoms with Crippen LogP contribution in [0.4, 0.5) is 0 Å². The van der Waals surface area contributed by atoms with Crippen molar-refractivity contribution in [2.45, 2.75) is 90.9 Å². The number of hydrogen-bond acceptors (Lipinski definition) is 3. The molecule has 0 unspecified atom stereocenters. The Labute approximate surface area is 184 Å². The standard InChI is InChI=1S/C24H34ClN3O2/c1-23(2,3)18-13-16(14-19(26-18)24(4,5)6)28-17(12-15-10-8-7-9-11-15)20(25)21(27-28)22(29)30/h13-15H,7-12H2,1-6H3,(H,29,30). The molecule has 0 aromatic carbocycles. The predicted octanol–water partition coefficient (Wildman–Crippen LogP) is 6.34. The maximum Gasteiger partial charge on any atom is 0.358 e. The summed E-state index contributed by atoms with van der Waals surface area (Å²) in [5.74, 6) is -0.579. The van der Waals surface area contributed by atoms with E-state index in [0.717, 1.165) is 42.0 Å². The van der Waals surface area contributed by atoms with E-state index >= 15 is 0 Å². The van der Waals surface area contributed by atoms with Crippen molar-refractivity contribution >= 4 is 17.6 Å². The molecule has 1 saturated carbocycles. The Morgan fingerprint density at radius 1 is 1.07 bits per heavy atom. The number of aromatic carboxylic acids is 1. The molecule has 2 heterocycles. The van der Waals surface area contributed by atoms with Crippen LogP contribution in [0.3, 0.4) is 0 Å². The molecule has 0 spiro atoms. The first-order valence-electron chi connectivity index (χ1n) is 10.9. The predicted molar refractivity (Wildman–Crippen MR) is 121 cm³/mol. The smallest absolute Gasteiger partial charge is 0.358 e. The molecule has 0 saturated heterocycles. The largest absolute Gasteiger partial charge is 0.476 e. The molecule has 1 N–H and O–H groups in total. The Hall–Kier alpha value is -1.88. The van der Waals surface area contributed by atoms with Crippen LogP contribution >= 0.6 is 11.6 Å². The second-order valence-corrected chi connectivity index (χ2v) is 11.0. The van der Waals surface area contributed by atoms with Crippen molar-refractivity contribution in [3.8, 4) is 5.69 Å². The molecule has 6 heteroatoms. The van der Waals surface area contributed by atoms with Gasteiger partial charge in [0.1, 0.15) is 0 Å². The summed E-state index contributed by atoms with van der Waals surface area (Å²) in [4.78, 5) is 16.7. The topological polar surface area (TPSA) is 68.0 Å². The number of carbonyl (C=O) groups is 1. The molecule has 0 bridgehead atoms. The SMILES string of the molecule is CC(C)(C)c1cc(-n2nc(C(=O)O)c(Cl)c2CC2CCCCC2)cc(C(C)(C)C)n1. The monoisotopic (exact) mass is 431 g/mol. The molecule has 2 aromatic heterocycles. The van der Waals surface area contributed by atoms with Crippen LogP contribution < -0.4 is 0 Å². The zero-order valence-corrected chi connectivity index (χ0v) is 19.8. The van der Waals surface area contributed by atoms with Gasteiger partial charge in [0.25, 0.3) is 0 Å². The van der Waals surface area contributed by atoms with E-state index in [1.165, 1.54) is 19.3 Å². The second-order valence-electron chi connectivity index (χ2n) is 10.6. The van der Waals surface area contributed by atoms with Gasteiger partial charge < -0.3 is 5.11 Å². The molecule has 1 fully saturated rings. The fourth-order valence-electron chi connectivity index (χ4n) is 4.03. The van der Waals surface area contributed by atoms with Gasteiger partial charge in [-0.25, -0.2) is 9.48 Å². The van der Waals surface area contributed by atoms with Crippen molar-refractivity contribution in [3.63, 3.8) is 0 Å². The van der Waals surface area contributed by atoms with Gasteiger partial charge in [-0.15, -0.1) is 0 Å². The summed E-state index contributed by atoms with van der Waals surface area (Å²) in [5, 5.41) is 14.4. The molecule has 0 atom stereocenters. The van der Waals surface area contributed by atoms with Gasteiger partial charge in [-0.2, -0.15) is 5.10 Å². The van der Waals surface area contributed by atoms with Crippen LogP contribution in [-0.4, -0.2) is 25.8 Å². The fourth-order valence-corrected chi connectivity index (χ4v) is 4.31. The van der Waals surface area contributed by atoms with Crippen LogP contribution in [0.15, 0.2) is 12.1 Å². The van der Waals surface area contributed by atoms with E-state index in [4.69, 9.17) is 16.6 Å². The van der Waals surface area contributed by atoms with Crippen molar-refractivity contribution in [1.29, 1.82) is 0 Å². The molecule has 5 nitrogen and oxygen atoms in total. The lowest BCUT2D eigenvalue weighted by Gasteiger charge is -2.26. The van der Waals surface area contributed by atoms with E-state index in [9.17, 15) is 9.90 Å². The minimum absolute atomic E-state index is 0.0751. The highest BCUT2D eigenvalue weighted by Gasteiger charge is 2.28. The molecular formula is C24H34ClN3O2. The van der Waals surface area contributed by atoms with Gasteiger partial charge in [0, 0.05) is 22.2 Å². The van der Waals surface area contributed by atoms with Gasteiger partial charge in [-0.1, -0.05) is 85.2 Å². The summed E-state index contributed by atoms with van der Waals surface area (Å²) in [7, 11) is 0. The first-order valence-corrected chi connectivity index (χ1v) is 11.3. The first kappa shape index (κ1) is 22.8. The minimum Gasteiger partial charge on any atom is -0.476 e. The molecule has 2 aromatic rings. The third kappa shape index (κ3) is 4.88. The lowest BCUT2D eigenvalue weighted by Crippen LogP contribution is -2.21. The minimum atomic E-state index is -1.09. The lowest BCUT2D eigenvalue weighted by molar-refractivity contribution is 0.0690. The number of aromatic nitrogens is 3. The molecule has 0 aliphatic heterocycles. The average molecular weight is 432 g/mol. The Balaban J connectivity index is 2.18. The molecule has 1 aliphatic rings. The third-order valence-electron chi connectivity index (χ3n) is 5.92. The van der Waals surface area contributed by atoms with Crippen LogP contribution in [0.1, 0.15) is 101 Å². The maximum atomic E-state index is 11.8. The molecule has 0 amide bonds. The number of pyridine rings is 1. The quantitative estimate of drug-likeness (QED) is 0.613. The van der Waals surface area contributed by atoms with Crippen LogP contribution in [0, 0.1) is 5.92 Å². The van der Waals surface area contributed by atoms with Gasteiger partial charge in [0.2, 0.25) is 0 Å². The second kappa shape index (κ2) is 8.33. The van der Waals surface area contributed by atoms with E-state index in [1.54, 1.807) is 4.68 Å². The first-order chi connectivity index (χ1) is 13.9. The number of rotatable bonds is 4. The van der Waals surface area contributed by atoms with Crippen molar-refractivity contribution in [3.05, 3.63) is 39.9 Å². The Morgan fingerprint density at radius 2 is 1.60 bits per heavy atom. The van der Waals surface area contributed by atoms with Crippen LogP contribution in [0.5, 0.6) is 0 Å². The zero-order valence-electron chi connectivity index (χ0n) is 19.0. The van der Waals surface area contributed by atoms with Crippen LogP contribution in [0.25, 0.3) is 5.69 Å². The van der Waals surface area contributed by atoms with Crippen molar-refractivity contribution < 1.29 is 9.90 Å². The van der Waals surface area contributed by atoms with Gasteiger partial charge in [0.05, 0.1) is 16.4 Å². The Morgan fingerprint density at radius 3 is 2.07 bits per heavy atom. The van der Waals surface area contributed by atoms with E-state index in [0.29, 0.717) is 5.92 Å². The normalized spacial score (nSPS) is 16.1. The highest BCUT2D eigenvalue weighted by atomic mass is 35.5. The molecule has 3 rings (SSSR count). The number of nitrogens with zero attached hydrogens (tertiary/aromatic N) is 3. The Bertz CT molecular complexity index is 897. The molecular weight excluding hydrogens is 398 g/mol. The zero-order chi connectivity index (χ0) is 22.3. The number of hydrogen-bond donors (Lipinski definition) is 1. The summed E-state index contributed by atoms with van der Waals surface area (Å²) >= 11 is 6.57. The highest BCUT2D eigenvalue weighted by Crippen LogP contribution is 2.34. The van der Waals surface area contributed by atoms with Crippen molar-refractivity contribution in [1.82, 2.24) is 14.8 Å². The molecule has 0 radical (unpaired) electrons. The van der Waals surface area contributed by atoms with E-state index in [1.807, 2.05) is 12.1 Å². The summed E-state index contributed by atoms with van der Waals surface area (Å²) < 4.78 is 1.76. The molecule has 1 aliphatic carbocycles.